The van der Waals surface area contributed by atoms with Crippen molar-refractivity contribution in [3.05, 3.63) is 59.7 Å². The Morgan fingerprint density at radius 2 is 1.48 bits per heavy atom. The topological polar surface area (TPSA) is 127 Å². The Kier molecular flexibility index (Phi) is 4.96. The van der Waals surface area contributed by atoms with Crippen LogP contribution in [0.2, 0.25) is 0 Å². The molecule has 7 heteroatoms. The van der Waals surface area contributed by atoms with Crippen molar-refractivity contribution in [2.75, 3.05) is 6.61 Å². The summed E-state index contributed by atoms with van der Waals surface area (Å²) in [7, 11) is 0. The van der Waals surface area contributed by atoms with Crippen LogP contribution in [0.1, 0.15) is 29.9 Å². The smallest absolute Gasteiger partial charge is 0.337 e. The van der Waals surface area contributed by atoms with Crippen LogP contribution in [0.25, 0.3) is 11.1 Å². The molecule has 3 rings (SSSR count). The number of esters is 1. The van der Waals surface area contributed by atoms with E-state index in [9.17, 15) is 19.5 Å². The van der Waals surface area contributed by atoms with E-state index in [4.69, 9.17) is 15.6 Å². The number of carbonyl (C=O) groups is 3. The Morgan fingerprint density at radius 1 is 0.963 bits per heavy atom. The lowest BCUT2D eigenvalue weighted by Gasteiger charge is -2.23. The number of carboxylic acids is 2. The highest BCUT2D eigenvalue weighted by Gasteiger charge is 2.44. The van der Waals surface area contributed by atoms with Crippen LogP contribution in [0.4, 0.5) is 0 Å². The first kappa shape index (κ1) is 18.6. The molecule has 1 aliphatic carbocycles. The molecular formula is C20H19NO6. The number of aliphatic carboxylic acids is 2. The monoisotopic (exact) mass is 369 g/mol. The van der Waals surface area contributed by atoms with E-state index in [1.54, 1.807) is 0 Å². The third-order valence-electron chi connectivity index (χ3n) is 4.82. The lowest BCUT2D eigenvalue weighted by atomic mass is 9.94. The van der Waals surface area contributed by atoms with Gasteiger partial charge in [0.1, 0.15) is 6.61 Å². The summed E-state index contributed by atoms with van der Waals surface area (Å²) in [5.74, 6) is -4.23. The van der Waals surface area contributed by atoms with Gasteiger partial charge in [0.05, 0.1) is 0 Å². The van der Waals surface area contributed by atoms with Crippen LogP contribution < -0.4 is 5.73 Å². The number of rotatable bonds is 7. The average molecular weight is 369 g/mol. The lowest BCUT2D eigenvalue weighted by Crippen LogP contribution is -2.56. The first-order valence-electron chi connectivity index (χ1n) is 8.44. The molecule has 0 aliphatic heterocycles. The van der Waals surface area contributed by atoms with Gasteiger partial charge in [-0.15, -0.1) is 0 Å². The second-order valence-electron chi connectivity index (χ2n) is 6.50. The number of ether oxygens (including phenoxy) is 1. The van der Waals surface area contributed by atoms with Gasteiger partial charge in [0, 0.05) is 12.3 Å². The maximum atomic E-state index is 12.4. The van der Waals surface area contributed by atoms with Gasteiger partial charge in [-0.2, -0.15) is 0 Å². The van der Waals surface area contributed by atoms with E-state index in [0.717, 1.165) is 22.3 Å². The molecule has 0 radical (unpaired) electrons. The van der Waals surface area contributed by atoms with Crippen LogP contribution >= 0.6 is 0 Å². The molecule has 0 aromatic heterocycles. The zero-order valence-corrected chi connectivity index (χ0v) is 14.4. The minimum atomic E-state index is -2.39. The molecule has 0 bridgehead atoms. The number of carboxylic acid groups (broad SMARTS) is 2. The normalized spacial score (nSPS) is 14.7. The molecule has 0 fully saturated rings. The number of hydrogen-bond donors (Lipinski definition) is 3. The molecule has 0 amide bonds. The van der Waals surface area contributed by atoms with Gasteiger partial charge in [0.25, 0.3) is 0 Å². The zero-order chi connectivity index (χ0) is 19.6. The average Bonchev–Trinajstić information content (AvgIpc) is 2.98. The van der Waals surface area contributed by atoms with E-state index in [1.165, 1.54) is 0 Å². The number of nitrogens with two attached hydrogens (primary N) is 1. The van der Waals surface area contributed by atoms with Gasteiger partial charge in [-0.25, -0.2) is 9.59 Å². The molecule has 1 atom stereocenters. The molecular weight excluding hydrogens is 350 g/mol. The van der Waals surface area contributed by atoms with Gasteiger partial charge in [0.2, 0.25) is 5.54 Å². The standard InChI is InChI=1S/C20H19NO6/c21-20(18(24)25,10-9-17(22)23)19(26)27-11-16-14-7-3-1-5-12(14)13-6-2-4-8-15(13)16/h1-8,16H,9-11,21H2,(H,22,23)(H,24,25). The van der Waals surface area contributed by atoms with E-state index in [2.05, 4.69) is 0 Å². The predicted molar refractivity (Wildman–Crippen MR) is 96.1 cm³/mol. The Labute approximate surface area is 155 Å². The summed E-state index contributed by atoms with van der Waals surface area (Å²) in [6.07, 6.45) is -1.10. The van der Waals surface area contributed by atoms with Crippen molar-refractivity contribution in [2.45, 2.75) is 24.3 Å². The molecule has 2 aromatic carbocycles. The zero-order valence-electron chi connectivity index (χ0n) is 14.4. The van der Waals surface area contributed by atoms with E-state index in [0.29, 0.717) is 0 Å². The molecule has 140 valence electrons. The molecule has 4 N–H and O–H groups in total. The Balaban J connectivity index is 1.81. The number of benzene rings is 2. The van der Waals surface area contributed by atoms with Crippen molar-refractivity contribution in [1.29, 1.82) is 0 Å². The molecule has 27 heavy (non-hydrogen) atoms. The maximum absolute atomic E-state index is 12.4. The molecule has 0 spiro atoms. The van der Waals surface area contributed by atoms with Crippen molar-refractivity contribution in [2.24, 2.45) is 5.73 Å². The van der Waals surface area contributed by atoms with Crippen LogP contribution in [-0.2, 0) is 19.1 Å². The van der Waals surface area contributed by atoms with Crippen molar-refractivity contribution in [1.82, 2.24) is 0 Å². The Bertz CT molecular complexity index is 863. The van der Waals surface area contributed by atoms with E-state index < -0.39 is 36.3 Å². The highest BCUT2D eigenvalue weighted by molar-refractivity contribution is 6.04. The molecule has 7 nitrogen and oxygen atoms in total. The quantitative estimate of drug-likeness (QED) is 0.503. The highest BCUT2D eigenvalue weighted by Crippen LogP contribution is 2.44. The Hall–Kier alpha value is -3.19. The largest absolute Gasteiger partial charge is 0.481 e. The summed E-state index contributed by atoms with van der Waals surface area (Å²) in [4.78, 5) is 34.6. The highest BCUT2D eigenvalue weighted by atomic mass is 16.5. The third kappa shape index (κ3) is 3.41. The van der Waals surface area contributed by atoms with Crippen LogP contribution in [0.5, 0.6) is 0 Å². The maximum Gasteiger partial charge on any atom is 0.337 e. The summed E-state index contributed by atoms with van der Waals surface area (Å²) in [6, 6.07) is 15.4. The molecule has 1 unspecified atom stereocenters. The second kappa shape index (κ2) is 7.20. The number of carbonyl (C=O) groups excluding carboxylic acids is 1. The molecule has 0 saturated heterocycles. The van der Waals surface area contributed by atoms with Gasteiger partial charge in [-0.3, -0.25) is 4.79 Å². The summed E-state index contributed by atoms with van der Waals surface area (Å²) in [5, 5.41) is 18.1. The summed E-state index contributed by atoms with van der Waals surface area (Å²) < 4.78 is 5.26. The SMILES string of the molecule is NC(CCC(=O)O)(C(=O)O)C(=O)OCC1c2ccccc2-c2ccccc21. The van der Waals surface area contributed by atoms with Crippen LogP contribution in [-0.4, -0.2) is 40.3 Å². The van der Waals surface area contributed by atoms with Crippen molar-refractivity contribution < 1.29 is 29.3 Å². The van der Waals surface area contributed by atoms with E-state index in [-0.39, 0.29) is 12.5 Å². The lowest BCUT2D eigenvalue weighted by molar-refractivity contribution is -0.161. The summed E-state index contributed by atoms with van der Waals surface area (Å²) in [6.45, 7) is -0.0772. The fourth-order valence-electron chi connectivity index (χ4n) is 3.33. The minimum absolute atomic E-state index is 0.0772. The summed E-state index contributed by atoms with van der Waals surface area (Å²) >= 11 is 0. The fraction of sp³-hybridized carbons (Fsp3) is 0.250. The van der Waals surface area contributed by atoms with Crippen molar-refractivity contribution >= 4 is 17.9 Å². The van der Waals surface area contributed by atoms with Gasteiger partial charge in [-0.05, 0) is 28.7 Å². The molecule has 0 saturated carbocycles. The first-order chi connectivity index (χ1) is 12.8. The predicted octanol–water partition coefficient (Wildman–Crippen LogP) is 1.99. The van der Waals surface area contributed by atoms with Gasteiger partial charge in [-0.1, -0.05) is 48.5 Å². The summed E-state index contributed by atoms with van der Waals surface area (Å²) in [5.41, 5.74) is 7.32. The molecule has 2 aromatic rings. The van der Waals surface area contributed by atoms with Gasteiger partial charge >= 0.3 is 17.9 Å². The van der Waals surface area contributed by atoms with Gasteiger partial charge in [0.15, 0.2) is 0 Å². The molecule has 1 aliphatic rings. The Morgan fingerprint density at radius 3 is 1.96 bits per heavy atom. The van der Waals surface area contributed by atoms with Crippen molar-refractivity contribution in [3.8, 4) is 11.1 Å². The van der Waals surface area contributed by atoms with E-state index in [1.807, 2.05) is 48.5 Å². The molecule has 0 heterocycles. The number of fused-ring (bicyclic) bond motifs is 3. The van der Waals surface area contributed by atoms with E-state index >= 15 is 0 Å². The van der Waals surface area contributed by atoms with Crippen molar-refractivity contribution in [3.63, 3.8) is 0 Å². The van der Waals surface area contributed by atoms with Crippen LogP contribution in [0, 0.1) is 0 Å². The minimum Gasteiger partial charge on any atom is -0.481 e. The second-order valence-corrected chi connectivity index (χ2v) is 6.50. The number of hydrogen-bond acceptors (Lipinski definition) is 5. The van der Waals surface area contributed by atoms with Crippen LogP contribution in [0.3, 0.4) is 0 Å². The van der Waals surface area contributed by atoms with Gasteiger partial charge < -0.3 is 20.7 Å². The van der Waals surface area contributed by atoms with Crippen LogP contribution in [0.15, 0.2) is 48.5 Å². The first-order valence-corrected chi connectivity index (χ1v) is 8.44. The fourth-order valence-corrected chi connectivity index (χ4v) is 3.33. The third-order valence-corrected chi connectivity index (χ3v) is 4.82.